The Morgan fingerprint density at radius 1 is 1.38 bits per heavy atom. The predicted molar refractivity (Wildman–Crippen MR) is 109 cm³/mol. The molecule has 0 aromatic carbocycles. The molecule has 2 aliphatic rings. The summed E-state index contributed by atoms with van der Waals surface area (Å²) in [7, 11) is 0. The lowest BCUT2D eigenvalue weighted by Gasteiger charge is -2.31. The number of thiophene rings is 1. The smallest absolute Gasteiger partial charge is 0.338 e. The summed E-state index contributed by atoms with van der Waals surface area (Å²) in [6, 6.07) is 7.08. The molecule has 2 unspecified atom stereocenters. The molecule has 7 nitrogen and oxygen atoms in total. The Bertz CT molecular complexity index is 918. The van der Waals surface area contributed by atoms with Crippen LogP contribution < -0.4 is 10.6 Å². The minimum Gasteiger partial charge on any atom is -0.464 e. The Morgan fingerprint density at radius 3 is 2.93 bits per heavy atom. The lowest BCUT2D eigenvalue weighted by molar-refractivity contribution is -0.139. The number of urea groups is 1. The van der Waals surface area contributed by atoms with Gasteiger partial charge in [0.2, 0.25) is 0 Å². The number of carbonyl (C=O) groups excluding carboxylic acids is 2. The summed E-state index contributed by atoms with van der Waals surface area (Å²) in [4.78, 5) is 28.9. The van der Waals surface area contributed by atoms with E-state index in [2.05, 4.69) is 33.0 Å². The van der Waals surface area contributed by atoms with Gasteiger partial charge < -0.3 is 19.8 Å². The summed E-state index contributed by atoms with van der Waals surface area (Å²) in [5.41, 5.74) is 0.979. The second-order valence-corrected chi connectivity index (χ2v) is 8.22. The first-order valence-electron chi connectivity index (χ1n) is 9.88. The van der Waals surface area contributed by atoms with Gasteiger partial charge in [0.1, 0.15) is 17.6 Å². The summed E-state index contributed by atoms with van der Waals surface area (Å²) >= 11 is 1.74. The van der Waals surface area contributed by atoms with Gasteiger partial charge in [-0.1, -0.05) is 6.07 Å². The van der Waals surface area contributed by atoms with Crippen molar-refractivity contribution in [2.75, 3.05) is 19.7 Å². The van der Waals surface area contributed by atoms with Crippen molar-refractivity contribution in [1.29, 1.82) is 0 Å². The minimum atomic E-state index is -0.672. The molecule has 2 atom stereocenters. The Morgan fingerprint density at radius 2 is 2.24 bits per heavy atom. The Balaban J connectivity index is 1.69. The maximum atomic E-state index is 12.9. The van der Waals surface area contributed by atoms with E-state index in [1.54, 1.807) is 24.3 Å². The highest BCUT2D eigenvalue weighted by molar-refractivity contribution is 7.10. The van der Waals surface area contributed by atoms with E-state index in [4.69, 9.17) is 9.15 Å². The highest BCUT2D eigenvalue weighted by atomic mass is 32.1. The van der Waals surface area contributed by atoms with Crippen LogP contribution in [0.5, 0.6) is 0 Å². The molecule has 8 heteroatoms. The summed E-state index contributed by atoms with van der Waals surface area (Å²) in [6.07, 6.45) is 2.15. The van der Waals surface area contributed by atoms with Crippen LogP contribution in [0.3, 0.4) is 0 Å². The zero-order valence-corrected chi connectivity index (χ0v) is 17.4. The molecule has 2 aromatic rings. The van der Waals surface area contributed by atoms with Gasteiger partial charge in [-0.3, -0.25) is 4.90 Å². The zero-order valence-electron chi connectivity index (χ0n) is 16.6. The summed E-state index contributed by atoms with van der Waals surface area (Å²) in [6.45, 7) is 5.24. The minimum absolute atomic E-state index is 0.259. The van der Waals surface area contributed by atoms with E-state index in [-0.39, 0.29) is 12.6 Å². The molecule has 0 spiro atoms. The molecule has 4 heterocycles. The SMILES string of the molecule is CCOC(=O)C1=C(CN2CCCC2c2cccs2)NC(=O)NC1c1ccc(C)o1. The second kappa shape index (κ2) is 8.42. The van der Waals surface area contributed by atoms with Crippen LogP contribution in [0.2, 0.25) is 0 Å². The fourth-order valence-corrected chi connectivity index (χ4v) is 4.93. The molecular weight excluding hydrogens is 390 g/mol. The summed E-state index contributed by atoms with van der Waals surface area (Å²) in [5.74, 6) is 0.796. The lowest BCUT2D eigenvalue weighted by atomic mass is 9.99. The third-order valence-electron chi connectivity index (χ3n) is 5.29. The van der Waals surface area contributed by atoms with Crippen molar-refractivity contribution < 1.29 is 18.7 Å². The van der Waals surface area contributed by atoms with Crippen molar-refractivity contribution in [3.8, 4) is 0 Å². The second-order valence-electron chi connectivity index (χ2n) is 7.24. The number of hydrogen-bond donors (Lipinski definition) is 2. The van der Waals surface area contributed by atoms with Crippen LogP contribution >= 0.6 is 11.3 Å². The van der Waals surface area contributed by atoms with Crippen LogP contribution in [-0.2, 0) is 9.53 Å². The van der Waals surface area contributed by atoms with Gasteiger partial charge in [0.05, 0.1) is 12.2 Å². The zero-order chi connectivity index (χ0) is 20.4. The quantitative estimate of drug-likeness (QED) is 0.704. The van der Waals surface area contributed by atoms with E-state index >= 15 is 0 Å². The third kappa shape index (κ3) is 4.09. The van der Waals surface area contributed by atoms with E-state index < -0.39 is 12.0 Å². The molecule has 154 valence electrons. The van der Waals surface area contributed by atoms with E-state index in [0.29, 0.717) is 29.6 Å². The molecule has 0 bridgehead atoms. The molecule has 0 saturated carbocycles. The highest BCUT2D eigenvalue weighted by Crippen LogP contribution is 2.36. The Kier molecular flexibility index (Phi) is 5.73. The Labute approximate surface area is 173 Å². The molecule has 2 aromatic heterocycles. The number of esters is 1. The van der Waals surface area contributed by atoms with E-state index in [1.807, 2.05) is 13.0 Å². The Hall–Kier alpha value is -2.58. The fraction of sp³-hybridized carbons (Fsp3) is 0.429. The highest BCUT2D eigenvalue weighted by Gasteiger charge is 2.37. The molecule has 0 aliphatic carbocycles. The number of amides is 2. The molecule has 0 radical (unpaired) electrons. The van der Waals surface area contributed by atoms with Crippen molar-refractivity contribution in [1.82, 2.24) is 15.5 Å². The fourth-order valence-electron chi connectivity index (χ4n) is 4.04. The summed E-state index contributed by atoms with van der Waals surface area (Å²) in [5, 5.41) is 7.74. The van der Waals surface area contributed by atoms with Crippen LogP contribution in [0.1, 0.15) is 48.2 Å². The maximum absolute atomic E-state index is 12.9. The number of hydrogen-bond acceptors (Lipinski definition) is 6. The molecule has 2 amide bonds. The van der Waals surface area contributed by atoms with Gasteiger partial charge in [-0.25, -0.2) is 9.59 Å². The average molecular weight is 416 g/mol. The molecule has 1 saturated heterocycles. The van der Waals surface area contributed by atoms with E-state index in [1.165, 1.54) is 4.88 Å². The summed E-state index contributed by atoms with van der Waals surface area (Å²) < 4.78 is 11.1. The number of aryl methyl sites for hydroxylation is 1. The lowest BCUT2D eigenvalue weighted by Crippen LogP contribution is -2.48. The van der Waals surface area contributed by atoms with Crippen molar-refractivity contribution in [3.63, 3.8) is 0 Å². The van der Waals surface area contributed by atoms with Crippen molar-refractivity contribution >= 4 is 23.3 Å². The van der Waals surface area contributed by atoms with Gasteiger partial charge in [-0.05, 0) is 56.8 Å². The first-order valence-corrected chi connectivity index (χ1v) is 10.8. The van der Waals surface area contributed by atoms with Gasteiger partial charge in [-0.2, -0.15) is 0 Å². The first-order chi connectivity index (χ1) is 14.1. The van der Waals surface area contributed by atoms with E-state index in [9.17, 15) is 9.59 Å². The largest absolute Gasteiger partial charge is 0.464 e. The van der Waals surface area contributed by atoms with Crippen LogP contribution in [0.4, 0.5) is 4.79 Å². The van der Waals surface area contributed by atoms with Crippen LogP contribution in [0, 0.1) is 6.92 Å². The molecule has 29 heavy (non-hydrogen) atoms. The number of furan rings is 1. The number of nitrogens with one attached hydrogen (secondary N) is 2. The molecule has 4 rings (SSSR count). The van der Waals surface area contributed by atoms with Crippen LogP contribution in [0.25, 0.3) is 0 Å². The maximum Gasteiger partial charge on any atom is 0.338 e. The number of carbonyl (C=O) groups is 2. The van der Waals surface area contributed by atoms with Crippen molar-refractivity contribution in [2.45, 2.75) is 38.8 Å². The standard InChI is InChI=1S/C21H25N3O4S/c1-3-27-20(25)18-14(12-24-10-4-6-15(24)17-7-5-11-29-17)22-21(26)23-19(18)16-9-8-13(2)28-16/h5,7-9,11,15,19H,3-4,6,10,12H2,1-2H3,(H2,22,23,26). The molecular formula is C21H25N3O4S. The monoisotopic (exact) mass is 415 g/mol. The number of ether oxygens (including phenoxy) is 1. The molecule has 2 aliphatic heterocycles. The number of likely N-dealkylation sites (tertiary alicyclic amines) is 1. The van der Waals surface area contributed by atoms with Crippen LogP contribution in [-0.4, -0.2) is 36.6 Å². The topological polar surface area (TPSA) is 83.8 Å². The van der Waals surface area contributed by atoms with Crippen molar-refractivity contribution in [2.24, 2.45) is 0 Å². The van der Waals surface area contributed by atoms with Gasteiger partial charge in [0.25, 0.3) is 0 Å². The number of rotatable bonds is 6. The molecule has 2 N–H and O–H groups in total. The van der Waals surface area contributed by atoms with Gasteiger partial charge in [0, 0.05) is 23.2 Å². The van der Waals surface area contributed by atoms with Gasteiger partial charge in [0.15, 0.2) is 0 Å². The average Bonchev–Trinajstić information content (AvgIpc) is 3.42. The van der Waals surface area contributed by atoms with Crippen LogP contribution in [0.15, 0.2) is 45.3 Å². The predicted octanol–water partition coefficient (Wildman–Crippen LogP) is 3.66. The third-order valence-corrected chi connectivity index (χ3v) is 6.26. The first kappa shape index (κ1) is 19.7. The van der Waals surface area contributed by atoms with Gasteiger partial charge >= 0.3 is 12.0 Å². The van der Waals surface area contributed by atoms with Gasteiger partial charge in [-0.15, -0.1) is 11.3 Å². The number of nitrogens with zero attached hydrogens (tertiary/aromatic N) is 1. The molecule has 1 fully saturated rings. The normalized spacial score (nSPS) is 22.5. The van der Waals surface area contributed by atoms with Crippen molar-refractivity contribution in [3.05, 3.63) is 57.3 Å². The van der Waals surface area contributed by atoms with E-state index in [0.717, 1.165) is 25.1 Å².